The molecule has 10 heteroatoms. The highest BCUT2D eigenvalue weighted by Gasteiger charge is 2.08. The molecule has 0 heterocycles. The minimum Gasteiger partial charge on any atom is -0.497 e. The molecule has 2 aromatic rings. The third-order valence-corrected chi connectivity index (χ3v) is 3.64. The predicted molar refractivity (Wildman–Crippen MR) is 107 cm³/mol. The van der Waals surface area contributed by atoms with E-state index in [1.54, 1.807) is 55.6 Å². The van der Waals surface area contributed by atoms with Crippen molar-refractivity contribution < 1.29 is 23.8 Å². The number of ether oxygens (including phenoxy) is 3. The van der Waals surface area contributed by atoms with Crippen molar-refractivity contribution >= 4 is 40.7 Å². The Labute approximate surface area is 172 Å². The quantitative estimate of drug-likeness (QED) is 0.461. The van der Waals surface area contributed by atoms with E-state index in [4.69, 9.17) is 38.0 Å². The first-order valence-corrected chi connectivity index (χ1v) is 8.79. The Hall–Kier alpha value is -3.04. The van der Waals surface area contributed by atoms with E-state index in [0.717, 1.165) is 0 Å². The first kappa shape index (κ1) is 21.3. The lowest BCUT2D eigenvalue weighted by Crippen LogP contribution is -2.50. The fourth-order valence-corrected chi connectivity index (χ4v) is 2.15. The van der Waals surface area contributed by atoms with Gasteiger partial charge in [0.2, 0.25) is 0 Å². The lowest BCUT2D eigenvalue weighted by atomic mass is 10.3. The van der Waals surface area contributed by atoms with Crippen molar-refractivity contribution in [1.29, 1.82) is 0 Å². The van der Waals surface area contributed by atoms with Crippen molar-refractivity contribution in [3.05, 3.63) is 53.6 Å². The molecule has 2 rings (SSSR count). The van der Waals surface area contributed by atoms with Gasteiger partial charge in [0.05, 0.1) is 7.11 Å². The number of benzene rings is 2. The molecule has 0 unspecified atom stereocenters. The van der Waals surface area contributed by atoms with Gasteiger partial charge in [-0.1, -0.05) is 11.6 Å². The molecule has 0 aliphatic heterocycles. The molecule has 0 aromatic heterocycles. The second-order valence-corrected chi connectivity index (χ2v) is 6.10. The lowest BCUT2D eigenvalue weighted by molar-refractivity contribution is -0.124. The maximum Gasteiger partial charge on any atom is 0.276 e. The van der Waals surface area contributed by atoms with Crippen LogP contribution >= 0.6 is 23.8 Å². The predicted octanol–water partition coefficient (Wildman–Crippen LogP) is 1.83. The molecule has 28 heavy (non-hydrogen) atoms. The molecule has 2 aromatic carbocycles. The topological polar surface area (TPSA) is 97.9 Å². The van der Waals surface area contributed by atoms with Gasteiger partial charge in [-0.2, -0.15) is 0 Å². The van der Waals surface area contributed by atoms with Gasteiger partial charge in [0, 0.05) is 5.02 Å². The van der Waals surface area contributed by atoms with Crippen LogP contribution < -0.4 is 30.4 Å². The van der Waals surface area contributed by atoms with Crippen LogP contribution in [-0.4, -0.2) is 37.3 Å². The Balaban J connectivity index is 1.63. The highest BCUT2D eigenvalue weighted by molar-refractivity contribution is 7.80. The summed E-state index contributed by atoms with van der Waals surface area (Å²) in [4.78, 5) is 23.5. The van der Waals surface area contributed by atoms with E-state index in [9.17, 15) is 9.59 Å². The van der Waals surface area contributed by atoms with Gasteiger partial charge in [0.25, 0.3) is 11.8 Å². The molecule has 3 N–H and O–H groups in total. The first-order chi connectivity index (χ1) is 13.5. The second-order valence-electron chi connectivity index (χ2n) is 5.26. The maximum absolute atomic E-state index is 11.8. The standard InChI is InChI=1S/C18H18ClN3O5S/c1-25-13-6-8-15(9-7-13)26-10-16(23)20-18(28)22-21-17(24)11-27-14-4-2-12(19)3-5-14/h2-9H,10-11H2,1H3,(H,21,24)(H2,20,22,23,28). The number of hydrogen-bond acceptors (Lipinski definition) is 6. The molecule has 0 fully saturated rings. The highest BCUT2D eigenvalue weighted by atomic mass is 35.5. The fourth-order valence-electron chi connectivity index (χ4n) is 1.86. The Kier molecular flexibility index (Phi) is 8.32. The van der Waals surface area contributed by atoms with Crippen LogP contribution in [0.3, 0.4) is 0 Å². The van der Waals surface area contributed by atoms with Crippen molar-refractivity contribution in [2.45, 2.75) is 0 Å². The minimum atomic E-state index is -0.486. The van der Waals surface area contributed by atoms with Crippen LogP contribution in [0.4, 0.5) is 0 Å². The Morgan fingerprint density at radius 2 is 1.36 bits per heavy atom. The molecule has 0 spiro atoms. The Morgan fingerprint density at radius 3 is 1.93 bits per heavy atom. The number of nitrogens with one attached hydrogen (secondary N) is 3. The minimum absolute atomic E-state index is 0.0804. The van der Waals surface area contributed by atoms with Crippen molar-refractivity contribution in [2.75, 3.05) is 20.3 Å². The Bertz CT molecular complexity index is 815. The zero-order valence-corrected chi connectivity index (χ0v) is 16.4. The molecule has 0 bridgehead atoms. The summed E-state index contributed by atoms with van der Waals surface area (Å²) in [5, 5.41) is 2.85. The van der Waals surface area contributed by atoms with E-state index in [0.29, 0.717) is 22.3 Å². The molecule has 0 saturated carbocycles. The van der Waals surface area contributed by atoms with E-state index in [1.807, 2.05) is 0 Å². The monoisotopic (exact) mass is 423 g/mol. The van der Waals surface area contributed by atoms with Gasteiger partial charge in [-0.05, 0) is 60.7 Å². The number of hydrogen-bond donors (Lipinski definition) is 3. The zero-order chi connectivity index (χ0) is 20.4. The summed E-state index contributed by atoms with van der Waals surface area (Å²) < 4.78 is 15.6. The van der Waals surface area contributed by atoms with Gasteiger partial charge in [-0.15, -0.1) is 0 Å². The third-order valence-electron chi connectivity index (χ3n) is 3.18. The fraction of sp³-hybridized carbons (Fsp3) is 0.167. The number of amides is 2. The van der Waals surface area contributed by atoms with E-state index < -0.39 is 11.8 Å². The number of thiocarbonyl (C=S) groups is 1. The number of methoxy groups -OCH3 is 1. The van der Waals surface area contributed by atoms with Crippen molar-refractivity contribution in [1.82, 2.24) is 16.2 Å². The number of hydrazine groups is 1. The molecule has 2 amide bonds. The van der Waals surface area contributed by atoms with Crippen molar-refractivity contribution in [2.24, 2.45) is 0 Å². The lowest BCUT2D eigenvalue weighted by Gasteiger charge is -2.12. The van der Waals surface area contributed by atoms with Crippen molar-refractivity contribution in [3.8, 4) is 17.2 Å². The van der Waals surface area contributed by atoms with Crippen LogP contribution in [0.25, 0.3) is 0 Å². The smallest absolute Gasteiger partial charge is 0.276 e. The van der Waals surface area contributed by atoms with E-state index in [1.165, 1.54) is 0 Å². The summed E-state index contributed by atoms with van der Waals surface area (Å²) in [5.41, 5.74) is 4.70. The van der Waals surface area contributed by atoms with Crippen LogP contribution in [0, 0.1) is 0 Å². The zero-order valence-electron chi connectivity index (χ0n) is 14.9. The number of halogens is 1. The largest absolute Gasteiger partial charge is 0.497 e. The molecular weight excluding hydrogens is 406 g/mol. The van der Waals surface area contributed by atoms with Gasteiger partial charge >= 0.3 is 0 Å². The van der Waals surface area contributed by atoms with Crippen LogP contribution in [0.15, 0.2) is 48.5 Å². The average Bonchev–Trinajstić information content (AvgIpc) is 2.70. The molecular formula is C18H18ClN3O5S. The maximum atomic E-state index is 11.8. The highest BCUT2D eigenvalue weighted by Crippen LogP contribution is 2.17. The average molecular weight is 424 g/mol. The van der Waals surface area contributed by atoms with Crippen LogP contribution in [0.2, 0.25) is 5.02 Å². The van der Waals surface area contributed by atoms with Crippen LogP contribution in [0.5, 0.6) is 17.2 Å². The molecule has 0 aliphatic rings. The summed E-state index contributed by atoms with van der Waals surface area (Å²) >= 11 is 10.7. The summed E-state index contributed by atoms with van der Waals surface area (Å²) in [6.45, 7) is -0.493. The third kappa shape index (κ3) is 7.68. The van der Waals surface area contributed by atoms with E-state index >= 15 is 0 Å². The summed E-state index contributed by atoms with van der Waals surface area (Å²) in [5.74, 6) is 0.701. The van der Waals surface area contributed by atoms with Gasteiger partial charge in [0.1, 0.15) is 17.2 Å². The van der Waals surface area contributed by atoms with Gasteiger partial charge in [0.15, 0.2) is 18.3 Å². The number of carbonyl (C=O) groups is 2. The van der Waals surface area contributed by atoms with Crippen LogP contribution in [0.1, 0.15) is 0 Å². The van der Waals surface area contributed by atoms with E-state index in [-0.39, 0.29) is 18.3 Å². The van der Waals surface area contributed by atoms with Gasteiger partial charge in [-0.25, -0.2) is 0 Å². The molecule has 8 nitrogen and oxygen atoms in total. The van der Waals surface area contributed by atoms with Gasteiger partial charge < -0.3 is 14.2 Å². The summed E-state index contributed by atoms with van der Waals surface area (Å²) in [6, 6.07) is 13.3. The number of carbonyl (C=O) groups excluding carboxylic acids is 2. The Morgan fingerprint density at radius 1 is 0.857 bits per heavy atom. The summed E-state index contributed by atoms with van der Waals surface area (Å²) in [6.07, 6.45) is 0. The second kappa shape index (κ2) is 11.0. The summed E-state index contributed by atoms with van der Waals surface area (Å²) in [7, 11) is 1.56. The van der Waals surface area contributed by atoms with Crippen LogP contribution in [-0.2, 0) is 9.59 Å². The SMILES string of the molecule is COc1ccc(OCC(=O)NC(=S)NNC(=O)COc2ccc(Cl)cc2)cc1. The molecule has 0 aliphatic carbocycles. The molecule has 0 atom stereocenters. The van der Waals surface area contributed by atoms with Crippen molar-refractivity contribution in [3.63, 3.8) is 0 Å². The van der Waals surface area contributed by atoms with Gasteiger partial charge in [-0.3, -0.25) is 25.8 Å². The normalized spacial score (nSPS) is 9.79. The number of rotatable bonds is 7. The first-order valence-electron chi connectivity index (χ1n) is 8.00. The molecule has 148 valence electrons. The molecule has 0 saturated heterocycles. The van der Waals surface area contributed by atoms with E-state index in [2.05, 4.69) is 16.2 Å². The molecule has 0 radical (unpaired) electrons.